The number of H-pyrrole nitrogens is 1. The van der Waals surface area contributed by atoms with Gasteiger partial charge in [0.25, 0.3) is 0 Å². The zero-order valence-corrected chi connectivity index (χ0v) is 17.1. The van der Waals surface area contributed by atoms with Crippen LogP contribution in [0.4, 0.5) is 13.2 Å². The topological polar surface area (TPSA) is 49.9 Å². The van der Waals surface area contributed by atoms with Crippen LogP contribution < -0.4 is 10.1 Å². The van der Waals surface area contributed by atoms with Crippen molar-refractivity contribution in [1.29, 1.82) is 0 Å². The molecule has 0 spiro atoms. The minimum absolute atomic E-state index is 0.219. The van der Waals surface area contributed by atoms with Gasteiger partial charge in [-0.25, -0.2) is 4.98 Å². The lowest BCUT2D eigenvalue weighted by Crippen LogP contribution is -2.35. The minimum atomic E-state index is -4.50. The van der Waals surface area contributed by atoms with Gasteiger partial charge in [-0.3, -0.25) is 0 Å². The maximum absolute atomic E-state index is 12.8. The summed E-state index contributed by atoms with van der Waals surface area (Å²) >= 11 is 0. The molecule has 1 fully saturated rings. The Morgan fingerprint density at radius 1 is 1.07 bits per heavy atom. The number of benzene rings is 2. The summed E-state index contributed by atoms with van der Waals surface area (Å²) in [6.45, 7) is 5.48. The highest BCUT2D eigenvalue weighted by molar-refractivity contribution is 5.77. The van der Waals surface area contributed by atoms with E-state index >= 15 is 0 Å². The summed E-state index contributed by atoms with van der Waals surface area (Å²) in [4.78, 5) is 5.89. The highest BCUT2D eigenvalue weighted by atomic mass is 19.4. The predicted octanol–water partition coefficient (Wildman–Crippen LogP) is 6.43. The van der Waals surface area contributed by atoms with Gasteiger partial charge in [-0.1, -0.05) is 26.0 Å². The van der Waals surface area contributed by atoms with Gasteiger partial charge in [-0.2, -0.15) is 13.2 Å². The number of alkyl halides is 3. The van der Waals surface area contributed by atoms with Crippen LogP contribution in [0.2, 0.25) is 0 Å². The molecule has 7 heteroatoms. The molecule has 1 aliphatic rings. The molecule has 0 radical (unpaired) electrons. The van der Waals surface area contributed by atoms with Crippen molar-refractivity contribution in [2.24, 2.45) is 5.41 Å². The van der Waals surface area contributed by atoms with E-state index in [1.807, 2.05) is 24.3 Å². The zero-order valence-electron chi connectivity index (χ0n) is 17.1. The molecule has 0 amide bonds. The molecule has 0 saturated heterocycles. The Kier molecular flexibility index (Phi) is 5.49. The number of rotatable bonds is 5. The van der Waals surface area contributed by atoms with Gasteiger partial charge in [0.15, 0.2) is 0 Å². The van der Waals surface area contributed by atoms with Crippen LogP contribution in [0.3, 0.4) is 0 Å². The van der Waals surface area contributed by atoms with Crippen LogP contribution in [-0.2, 0) is 12.7 Å². The number of fused-ring (bicyclic) bond motifs is 1. The fourth-order valence-corrected chi connectivity index (χ4v) is 3.86. The molecule has 0 atom stereocenters. The number of aromatic nitrogens is 2. The van der Waals surface area contributed by atoms with Crippen molar-refractivity contribution < 1.29 is 17.9 Å². The molecule has 2 aromatic carbocycles. The fraction of sp³-hybridized carbons (Fsp3) is 0.435. The molecular formula is C23H26F3N3O. The first kappa shape index (κ1) is 20.7. The Labute approximate surface area is 173 Å². The molecule has 4 nitrogen and oxygen atoms in total. The summed E-state index contributed by atoms with van der Waals surface area (Å²) in [5, 5.41) is 3.63. The van der Waals surface area contributed by atoms with Crippen molar-refractivity contribution in [3.63, 3.8) is 0 Å². The van der Waals surface area contributed by atoms with Gasteiger partial charge in [0.2, 0.25) is 5.82 Å². The van der Waals surface area contributed by atoms with Crippen LogP contribution in [0.1, 0.15) is 50.9 Å². The van der Waals surface area contributed by atoms with E-state index in [0.29, 0.717) is 28.5 Å². The van der Waals surface area contributed by atoms with Crippen LogP contribution in [-0.4, -0.2) is 16.0 Å². The molecule has 1 saturated carbocycles. The van der Waals surface area contributed by atoms with Gasteiger partial charge in [-0.05, 0) is 60.9 Å². The van der Waals surface area contributed by atoms with E-state index in [1.165, 1.54) is 43.4 Å². The SMILES string of the molecule is CC1(C)CCC(NCc2ccc(Oc3ccc4[nH]c(C(F)(F)F)nc4c3)cc2)CC1. The minimum Gasteiger partial charge on any atom is -0.457 e. The quantitative estimate of drug-likeness (QED) is 0.503. The third-order valence-corrected chi connectivity index (χ3v) is 5.82. The van der Waals surface area contributed by atoms with Gasteiger partial charge >= 0.3 is 6.18 Å². The number of nitrogens with zero attached hydrogens (tertiary/aromatic N) is 1. The number of imidazole rings is 1. The van der Waals surface area contributed by atoms with Crippen LogP contribution in [0.5, 0.6) is 11.5 Å². The van der Waals surface area contributed by atoms with Crippen molar-refractivity contribution in [2.75, 3.05) is 0 Å². The van der Waals surface area contributed by atoms with Gasteiger partial charge in [0.05, 0.1) is 11.0 Å². The summed E-state index contributed by atoms with van der Waals surface area (Å²) in [5.41, 5.74) is 2.17. The van der Waals surface area contributed by atoms with E-state index in [2.05, 4.69) is 29.1 Å². The molecule has 0 bridgehead atoms. The highest BCUT2D eigenvalue weighted by Crippen LogP contribution is 2.35. The number of ether oxygens (including phenoxy) is 1. The Morgan fingerprint density at radius 3 is 2.40 bits per heavy atom. The van der Waals surface area contributed by atoms with Gasteiger partial charge in [0, 0.05) is 18.7 Å². The van der Waals surface area contributed by atoms with Gasteiger partial charge in [-0.15, -0.1) is 0 Å². The normalized spacial score (nSPS) is 17.4. The third-order valence-electron chi connectivity index (χ3n) is 5.82. The summed E-state index contributed by atoms with van der Waals surface area (Å²) < 4.78 is 44.2. The lowest BCUT2D eigenvalue weighted by atomic mass is 9.75. The van der Waals surface area contributed by atoms with E-state index in [9.17, 15) is 13.2 Å². The fourth-order valence-electron chi connectivity index (χ4n) is 3.86. The summed E-state index contributed by atoms with van der Waals surface area (Å²) in [6, 6.07) is 13.0. The van der Waals surface area contributed by atoms with E-state index in [1.54, 1.807) is 6.07 Å². The van der Waals surface area contributed by atoms with Crippen LogP contribution >= 0.6 is 0 Å². The molecule has 2 N–H and O–H groups in total. The lowest BCUT2D eigenvalue weighted by molar-refractivity contribution is -0.144. The standard InChI is InChI=1S/C23H26F3N3O/c1-22(2)11-9-16(10-12-22)27-14-15-3-5-17(6-4-15)30-18-7-8-19-20(13-18)29-21(28-19)23(24,25)26/h3-8,13,16,27H,9-12,14H2,1-2H3,(H,28,29). The van der Waals surface area contributed by atoms with Crippen molar-refractivity contribution in [1.82, 2.24) is 15.3 Å². The van der Waals surface area contributed by atoms with Crippen LogP contribution in [0, 0.1) is 5.41 Å². The molecule has 4 rings (SSSR count). The average Bonchev–Trinajstić information content (AvgIpc) is 3.12. The summed E-state index contributed by atoms with van der Waals surface area (Å²) in [7, 11) is 0. The maximum Gasteiger partial charge on any atom is 0.449 e. The summed E-state index contributed by atoms with van der Waals surface area (Å²) in [6.07, 6.45) is 0.419. The molecule has 1 aromatic heterocycles. The van der Waals surface area contributed by atoms with Crippen molar-refractivity contribution in [3.8, 4) is 11.5 Å². The number of aromatic amines is 1. The Hall–Kier alpha value is -2.54. The van der Waals surface area contributed by atoms with Crippen LogP contribution in [0.25, 0.3) is 11.0 Å². The number of hydrogen-bond donors (Lipinski definition) is 2. The van der Waals surface area contributed by atoms with Crippen LogP contribution in [0.15, 0.2) is 42.5 Å². The monoisotopic (exact) mass is 417 g/mol. The number of hydrogen-bond acceptors (Lipinski definition) is 3. The zero-order chi connectivity index (χ0) is 21.4. The van der Waals surface area contributed by atoms with Gasteiger partial charge in [0.1, 0.15) is 11.5 Å². The maximum atomic E-state index is 12.8. The molecule has 160 valence electrons. The summed E-state index contributed by atoms with van der Waals surface area (Å²) in [5.74, 6) is 0.0653. The first-order valence-corrected chi connectivity index (χ1v) is 10.3. The lowest BCUT2D eigenvalue weighted by Gasteiger charge is -2.34. The molecule has 1 heterocycles. The van der Waals surface area contributed by atoms with Crippen molar-refractivity contribution in [3.05, 3.63) is 53.9 Å². The second-order valence-electron chi connectivity index (χ2n) is 8.83. The first-order chi connectivity index (χ1) is 14.2. The highest BCUT2D eigenvalue weighted by Gasteiger charge is 2.34. The first-order valence-electron chi connectivity index (χ1n) is 10.3. The predicted molar refractivity (Wildman–Crippen MR) is 110 cm³/mol. The molecular weight excluding hydrogens is 391 g/mol. The molecule has 0 unspecified atom stereocenters. The van der Waals surface area contributed by atoms with E-state index in [-0.39, 0.29) is 5.52 Å². The third kappa shape index (κ3) is 4.95. The number of nitrogens with one attached hydrogen (secondary N) is 2. The number of halogens is 3. The largest absolute Gasteiger partial charge is 0.457 e. The molecule has 0 aliphatic heterocycles. The van der Waals surface area contributed by atoms with Crippen molar-refractivity contribution >= 4 is 11.0 Å². The molecule has 3 aromatic rings. The smallest absolute Gasteiger partial charge is 0.449 e. The van der Waals surface area contributed by atoms with E-state index in [4.69, 9.17) is 4.74 Å². The average molecular weight is 417 g/mol. The second-order valence-corrected chi connectivity index (χ2v) is 8.83. The molecule has 1 aliphatic carbocycles. The molecule has 30 heavy (non-hydrogen) atoms. The van der Waals surface area contributed by atoms with E-state index in [0.717, 1.165) is 6.54 Å². The Bertz CT molecular complexity index is 999. The van der Waals surface area contributed by atoms with Crippen molar-refractivity contribution in [2.45, 2.75) is 58.3 Å². The second kappa shape index (κ2) is 7.95. The Balaban J connectivity index is 1.35. The van der Waals surface area contributed by atoms with Gasteiger partial charge < -0.3 is 15.0 Å². The van der Waals surface area contributed by atoms with E-state index < -0.39 is 12.0 Å². The Morgan fingerprint density at radius 2 is 1.73 bits per heavy atom.